The Bertz CT molecular complexity index is 573. The number of hydrogen-bond acceptors (Lipinski definition) is 2. The van der Waals surface area contributed by atoms with Gasteiger partial charge in [-0.25, -0.2) is 0 Å². The highest BCUT2D eigenvalue weighted by atomic mass is 35.5. The minimum absolute atomic E-state index is 0.154. The van der Waals surface area contributed by atoms with Crippen molar-refractivity contribution in [2.24, 2.45) is 7.05 Å². The van der Waals surface area contributed by atoms with Crippen LogP contribution in [0.3, 0.4) is 0 Å². The van der Waals surface area contributed by atoms with Crippen LogP contribution in [0, 0.1) is 6.92 Å². The molecule has 19 heavy (non-hydrogen) atoms. The second kappa shape index (κ2) is 5.89. The number of carbonyl (C=O) groups is 1. The Morgan fingerprint density at radius 3 is 2.79 bits per heavy atom. The highest BCUT2D eigenvalue weighted by Gasteiger charge is 2.09. The van der Waals surface area contributed by atoms with E-state index in [1.165, 1.54) is 0 Å². The van der Waals surface area contributed by atoms with Gasteiger partial charge in [-0.1, -0.05) is 23.7 Å². The molecule has 0 saturated heterocycles. The van der Waals surface area contributed by atoms with Crippen LogP contribution in [-0.4, -0.2) is 22.2 Å². The molecule has 0 saturated carbocycles. The third-order valence-electron chi connectivity index (χ3n) is 2.95. The molecule has 1 aromatic heterocycles. The molecule has 1 N–H and O–H groups in total. The van der Waals surface area contributed by atoms with E-state index >= 15 is 0 Å². The lowest BCUT2D eigenvalue weighted by Gasteiger charge is -2.05. The summed E-state index contributed by atoms with van der Waals surface area (Å²) in [7, 11) is 1.90. The van der Waals surface area contributed by atoms with E-state index in [2.05, 4.69) is 10.4 Å². The van der Waals surface area contributed by atoms with Gasteiger partial charge in [0.15, 0.2) is 0 Å². The summed E-state index contributed by atoms with van der Waals surface area (Å²) in [6.07, 6.45) is 0.706. The van der Waals surface area contributed by atoms with E-state index in [0.29, 0.717) is 23.6 Å². The minimum Gasteiger partial charge on any atom is -0.352 e. The number of aromatic nitrogens is 2. The van der Waals surface area contributed by atoms with Gasteiger partial charge in [0.25, 0.3) is 5.91 Å². The highest BCUT2D eigenvalue weighted by molar-refractivity contribution is 6.33. The average molecular weight is 278 g/mol. The molecule has 1 amide bonds. The Morgan fingerprint density at radius 1 is 1.42 bits per heavy atom. The molecule has 5 heteroatoms. The molecule has 1 heterocycles. The van der Waals surface area contributed by atoms with E-state index in [4.69, 9.17) is 11.6 Å². The molecule has 100 valence electrons. The van der Waals surface area contributed by atoms with Crippen molar-refractivity contribution in [2.45, 2.75) is 13.3 Å². The first kappa shape index (κ1) is 13.6. The summed E-state index contributed by atoms with van der Waals surface area (Å²) in [5, 5.41) is 7.65. The second-order valence-corrected chi connectivity index (χ2v) is 4.79. The molecule has 4 nitrogen and oxygen atoms in total. The zero-order chi connectivity index (χ0) is 13.8. The van der Waals surface area contributed by atoms with Crippen LogP contribution in [0.1, 0.15) is 21.7 Å². The van der Waals surface area contributed by atoms with Gasteiger partial charge in [-0.3, -0.25) is 9.48 Å². The maximum atomic E-state index is 11.9. The van der Waals surface area contributed by atoms with Crippen LogP contribution < -0.4 is 5.32 Å². The van der Waals surface area contributed by atoms with Crippen molar-refractivity contribution in [1.82, 2.24) is 15.1 Å². The first-order valence-electron chi connectivity index (χ1n) is 6.10. The predicted molar refractivity (Wildman–Crippen MR) is 75.4 cm³/mol. The van der Waals surface area contributed by atoms with E-state index in [0.717, 1.165) is 11.4 Å². The van der Waals surface area contributed by atoms with E-state index in [1.807, 2.05) is 24.7 Å². The fraction of sp³-hybridized carbons (Fsp3) is 0.286. The molecule has 0 bridgehead atoms. The Labute approximate surface area is 117 Å². The highest BCUT2D eigenvalue weighted by Crippen LogP contribution is 2.14. The van der Waals surface area contributed by atoms with E-state index in [9.17, 15) is 4.79 Å². The smallest absolute Gasteiger partial charge is 0.252 e. The first-order valence-corrected chi connectivity index (χ1v) is 6.48. The fourth-order valence-electron chi connectivity index (χ4n) is 1.80. The lowest BCUT2D eigenvalue weighted by Crippen LogP contribution is -2.26. The number of nitrogens with zero attached hydrogens (tertiary/aromatic N) is 2. The molecular formula is C14H16ClN3O. The zero-order valence-electron chi connectivity index (χ0n) is 11.0. The summed E-state index contributed by atoms with van der Waals surface area (Å²) in [4.78, 5) is 11.9. The van der Waals surface area contributed by atoms with Gasteiger partial charge >= 0.3 is 0 Å². The number of nitrogens with one attached hydrogen (secondary N) is 1. The molecule has 0 atom stereocenters. The Morgan fingerprint density at radius 2 is 2.16 bits per heavy atom. The fourth-order valence-corrected chi connectivity index (χ4v) is 2.02. The van der Waals surface area contributed by atoms with Crippen LogP contribution >= 0.6 is 11.6 Å². The van der Waals surface area contributed by atoms with Crippen molar-refractivity contribution in [3.8, 4) is 0 Å². The molecule has 0 spiro atoms. The summed E-state index contributed by atoms with van der Waals surface area (Å²) in [6, 6.07) is 9.03. The number of carbonyl (C=O) groups excluding carboxylic acids is 1. The number of aryl methyl sites for hydroxylation is 2. The summed E-state index contributed by atoms with van der Waals surface area (Å²) in [5.41, 5.74) is 2.58. The van der Waals surface area contributed by atoms with Gasteiger partial charge in [-0.2, -0.15) is 5.10 Å². The molecular weight excluding hydrogens is 262 g/mol. The lowest BCUT2D eigenvalue weighted by molar-refractivity contribution is 0.0954. The van der Waals surface area contributed by atoms with E-state index in [-0.39, 0.29) is 5.91 Å². The second-order valence-electron chi connectivity index (χ2n) is 4.39. The summed E-state index contributed by atoms with van der Waals surface area (Å²) in [5.74, 6) is -0.154. The monoisotopic (exact) mass is 277 g/mol. The number of amides is 1. The van der Waals surface area contributed by atoms with Crippen molar-refractivity contribution in [1.29, 1.82) is 0 Å². The molecule has 0 aliphatic carbocycles. The molecule has 0 aliphatic heterocycles. The van der Waals surface area contributed by atoms with Crippen molar-refractivity contribution in [3.63, 3.8) is 0 Å². The normalized spacial score (nSPS) is 10.5. The quantitative estimate of drug-likeness (QED) is 0.932. The number of rotatable bonds is 4. The van der Waals surface area contributed by atoms with Gasteiger partial charge in [-0.15, -0.1) is 0 Å². The van der Waals surface area contributed by atoms with Gasteiger partial charge in [0, 0.05) is 25.7 Å². The predicted octanol–water partition coefficient (Wildman–Crippen LogP) is 2.35. The minimum atomic E-state index is -0.154. The molecule has 0 aliphatic rings. The topological polar surface area (TPSA) is 46.9 Å². The number of benzene rings is 1. The third kappa shape index (κ3) is 3.35. The molecule has 2 rings (SSSR count). The van der Waals surface area contributed by atoms with Gasteiger partial charge in [0.1, 0.15) is 0 Å². The molecule has 0 radical (unpaired) electrons. The van der Waals surface area contributed by atoms with E-state index < -0.39 is 0 Å². The Kier molecular flexibility index (Phi) is 4.22. The van der Waals surface area contributed by atoms with Crippen LogP contribution in [0.15, 0.2) is 30.3 Å². The van der Waals surface area contributed by atoms with Crippen molar-refractivity contribution < 1.29 is 4.79 Å². The Balaban J connectivity index is 1.89. The van der Waals surface area contributed by atoms with Crippen LogP contribution in [0.4, 0.5) is 0 Å². The average Bonchev–Trinajstić information content (AvgIpc) is 2.69. The SMILES string of the molecule is Cc1cc(CCNC(=O)c2ccccc2Cl)nn1C. The molecule has 0 fully saturated rings. The zero-order valence-corrected chi connectivity index (χ0v) is 11.7. The lowest BCUT2D eigenvalue weighted by atomic mass is 10.2. The van der Waals surface area contributed by atoms with Crippen molar-refractivity contribution >= 4 is 17.5 Å². The third-order valence-corrected chi connectivity index (χ3v) is 3.28. The standard InChI is InChI=1S/C14H16ClN3O/c1-10-9-11(17-18(10)2)7-8-16-14(19)12-5-3-4-6-13(12)15/h3-6,9H,7-8H2,1-2H3,(H,16,19). The van der Waals surface area contributed by atoms with Crippen molar-refractivity contribution in [2.75, 3.05) is 6.54 Å². The molecule has 1 aromatic carbocycles. The molecule has 0 unspecified atom stereocenters. The Hall–Kier alpha value is -1.81. The van der Waals surface area contributed by atoms with Crippen LogP contribution in [-0.2, 0) is 13.5 Å². The van der Waals surface area contributed by atoms with Gasteiger partial charge < -0.3 is 5.32 Å². The first-order chi connectivity index (χ1) is 9.08. The summed E-state index contributed by atoms with van der Waals surface area (Å²) in [6.45, 7) is 2.54. The molecule has 2 aromatic rings. The maximum Gasteiger partial charge on any atom is 0.252 e. The van der Waals surface area contributed by atoms with Crippen LogP contribution in [0.5, 0.6) is 0 Å². The summed E-state index contributed by atoms with van der Waals surface area (Å²) >= 11 is 5.96. The van der Waals surface area contributed by atoms with Crippen molar-refractivity contribution in [3.05, 3.63) is 52.3 Å². The summed E-state index contributed by atoms with van der Waals surface area (Å²) < 4.78 is 1.82. The van der Waals surface area contributed by atoms with Crippen LogP contribution in [0.2, 0.25) is 5.02 Å². The van der Waals surface area contributed by atoms with Gasteiger partial charge in [0.05, 0.1) is 16.3 Å². The van der Waals surface area contributed by atoms with Crippen LogP contribution in [0.25, 0.3) is 0 Å². The van der Waals surface area contributed by atoms with Gasteiger partial charge in [0.2, 0.25) is 0 Å². The largest absolute Gasteiger partial charge is 0.352 e. The number of hydrogen-bond donors (Lipinski definition) is 1. The number of halogens is 1. The maximum absolute atomic E-state index is 11.9. The van der Waals surface area contributed by atoms with Gasteiger partial charge in [-0.05, 0) is 25.1 Å². The van der Waals surface area contributed by atoms with E-state index in [1.54, 1.807) is 24.3 Å².